The molecule has 0 bridgehead atoms. The minimum absolute atomic E-state index is 0.109. The summed E-state index contributed by atoms with van der Waals surface area (Å²) in [6.07, 6.45) is 9.17. The zero-order chi connectivity index (χ0) is 19.4. The number of likely N-dealkylation sites (tertiary alicyclic amines) is 1. The molecule has 4 heteroatoms. The fourth-order valence-electron chi connectivity index (χ4n) is 4.54. The number of carbonyl (C=O) groups is 1. The Kier molecular flexibility index (Phi) is 7.41. The van der Waals surface area contributed by atoms with Crippen LogP contribution < -0.4 is 5.32 Å². The first kappa shape index (κ1) is 21.5. The van der Waals surface area contributed by atoms with E-state index in [1.807, 2.05) is 4.90 Å². The Hall–Kier alpha value is -0.770. The van der Waals surface area contributed by atoms with E-state index in [1.54, 1.807) is 0 Å². The monoisotopic (exact) mass is 366 g/mol. The van der Waals surface area contributed by atoms with Crippen molar-refractivity contribution in [1.29, 1.82) is 0 Å². The molecule has 1 N–H and O–H groups in total. The van der Waals surface area contributed by atoms with Gasteiger partial charge < -0.3 is 15.0 Å². The minimum atomic E-state index is -0.415. The molecular formula is C22H42N2O2. The van der Waals surface area contributed by atoms with Crippen molar-refractivity contribution in [3.8, 4) is 0 Å². The maximum Gasteiger partial charge on any atom is 0.410 e. The summed E-state index contributed by atoms with van der Waals surface area (Å²) in [6.45, 7) is 15.3. The molecule has 26 heavy (non-hydrogen) atoms. The van der Waals surface area contributed by atoms with E-state index in [0.717, 1.165) is 38.8 Å². The molecule has 2 atom stereocenters. The number of hydrogen-bond donors (Lipinski definition) is 1. The summed E-state index contributed by atoms with van der Waals surface area (Å²) < 4.78 is 6.01. The Morgan fingerprint density at radius 1 is 1.08 bits per heavy atom. The maximum absolute atomic E-state index is 12.8. The fraction of sp³-hybridized carbons (Fsp3) is 0.955. The van der Waals surface area contributed by atoms with E-state index in [2.05, 4.69) is 46.9 Å². The Morgan fingerprint density at radius 2 is 1.77 bits per heavy atom. The van der Waals surface area contributed by atoms with Gasteiger partial charge in [0, 0.05) is 18.6 Å². The predicted octanol–water partition coefficient (Wildman–Crippen LogP) is 5.36. The zero-order valence-electron chi connectivity index (χ0n) is 18.1. The van der Waals surface area contributed by atoms with Gasteiger partial charge in [-0.1, -0.05) is 34.1 Å². The summed E-state index contributed by atoms with van der Waals surface area (Å²) in [5, 5.41) is 3.69. The number of carbonyl (C=O) groups excluding carboxylic acids is 1. The van der Waals surface area contributed by atoms with Crippen LogP contribution >= 0.6 is 0 Å². The summed E-state index contributed by atoms with van der Waals surface area (Å²) >= 11 is 0. The van der Waals surface area contributed by atoms with Crippen molar-refractivity contribution in [2.24, 2.45) is 11.3 Å². The van der Waals surface area contributed by atoms with E-state index in [4.69, 9.17) is 4.74 Å². The van der Waals surface area contributed by atoms with Gasteiger partial charge in [-0.05, 0) is 76.7 Å². The van der Waals surface area contributed by atoms with Crippen LogP contribution in [0.4, 0.5) is 4.79 Å². The summed E-state index contributed by atoms with van der Waals surface area (Å²) in [4.78, 5) is 14.8. The van der Waals surface area contributed by atoms with Crippen LogP contribution in [0.2, 0.25) is 0 Å². The van der Waals surface area contributed by atoms with Gasteiger partial charge in [-0.2, -0.15) is 0 Å². The average molecular weight is 367 g/mol. The average Bonchev–Trinajstić information content (AvgIpc) is 2.60. The lowest BCUT2D eigenvalue weighted by atomic mass is 9.75. The standard InChI is InChI=1S/C22H42N2O2/c1-17(2)18-11-8-10-16-24(18)20(25)26-22(5,6)14-13-21(3,4)19-12-7-9-15-23-19/h17-19,23H,7-16H2,1-6H3. The van der Waals surface area contributed by atoms with Crippen molar-refractivity contribution in [3.63, 3.8) is 0 Å². The molecule has 0 saturated carbocycles. The largest absolute Gasteiger partial charge is 0.443 e. The highest BCUT2D eigenvalue weighted by Gasteiger charge is 2.36. The molecule has 2 heterocycles. The molecular weight excluding hydrogens is 324 g/mol. The Balaban J connectivity index is 1.89. The Labute approximate surface area is 161 Å². The van der Waals surface area contributed by atoms with Gasteiger partial charge in [0.2, 0.25) is 0 Å². The predicted molar refractivity (Wildman–Crippen MR) is 108 cm³/mol. The van der Waals surface area contributed by atoms with E-state index in [9.17, 15) is 4.79 Å². The van der Waals surface area contributed by atoms with Crippen molar-refractivity contribution < 1.29 is 9.53 Å². The highest BCUT2D eigenvalue weighted by atomic mass is 16.6. The number of nitrogens with zero attached hydrogens (tertiary/aromatic N) is 1. The number of hydrogen-bond acceptors (Lipinski definition) is 3. The highest BCUT2D eigenvalue weighted by Crippen LogP contribution is 2.35. The smallest absolute Gasteiger partial charge is 0.410 e. The first-order valence-electron chi connectivity index (χ1n) is 10.9. The maximum atomic E-state index is 12.8. The minimum Gasteiger partial charge on any atom is -0.443 e. The van der Waals surface area contributed by atoms with Crippen molar-refractivity contribution in [1.82, 2.24) is 10.2 Å². The van der Waals surface area contributed by atoms with Crippen molar-refractivity contribution in [2.45, 2.75) is 111 Å². The van der Waals surface area contributed by atoms with E-state index in [0.29, 0.717) is 18.0 Å². The molecule has 0 aromatic rings. The number of rotatable bonds is 6. The second kappa shape index (κ2) is 8.95. The first-order valence-corrected chi connectivity index (χ1v) is 10.9. The molecule has 4 nitrogen and oxygen atoms in total. The summed E-state index contributed by atoms with van der Waals surface area (Å²) in [5.74, 6) is 0.488. The number of amides is 1. The topological polar surface area (TPSA) is 41.6 Å². The third kappa shape index (κ3) is 5.87. The van der Waals surface area contributed by atoms with E-state index in [-0.39, 0.29) is 11.5 Å². The molecule has 2 unspecified atom stereocenters. The van der Waals surface area contributed by atoms with Gasteiger partial charge in [0.1, 0.15) is 5.60 Å². The van der Waals surface area contributed by atoms with Crippen LogP contribution in [0.15, 0.2) is 0 Å². The van der Waals surface area contributed by atoms with Crippen molar-refractivity contribution >= 4 is 6.09 Å². The summed E-state index contributed by atoms with van der Waals surface area (Å²) in [7, 11) is 0. The molecule has 152 valence electrons. The van der Waals surface area contributed by atoms with Crippen molar-refractivity contribution in [2.75, 3.05) is 13.1 Å². The summed E-state index contributed by atoms with van der Waals surface area (Å²) in [5.41, 5.74) is -0.183. The second-order valence-corrected chi connectivity index (χ2v) is 10.1. The normalized spacial score (nSPS) is 25.4. The molecule has 2 saturated heterocycles. The van der Waals surface area contributed by atoms with Crippen LogP contribution in [-0.2, 0) is 4.74 Å². The molecule has 0 aromatic heterocycles. The van der Waals surface area contributed by atoms with Gasteiger partial charge >= 0.3 is 6.09 Å². The Morgan fingerprint density at radius 3 is 2.38 bits per heavy atom. The quantitative estimate of drug-likeness (QED) is 0.688. The second-order valence-electron chi connectivity index (χ2n) is 10.1. The molecule has 2 aliphatic rings. The van der Waals surface area contributed by atoms with Gasteiger partial charge in [-0.15, -0.1) is 0 Å². The number of ether oxygens (including phenoxy) is 1. The fourth-order valence-corrected chi connectivity index (χ4v) is 4.54. The zero-order valence-corrected chi connectivity index (χ0v) is 18.1. The van der Waals surface area contributed by atoms with Gasteiger partial charge in [-0.25, -0.2) is 4.79 Å². The molecule has 0 spiro atoms. The van der Waals surface area contributed by atoms with Crippen LogP contribution in [0, 0.1) is 11.3 Å². The highest BCUT2D eigenvalue weighted by molar-refractivity contribution is 5.68. The molecule has 2 fully saturated rings. The number of piperidine rings is 2. The van der Waals surface area contributed by atoms with Gasteiger partial charge in [-0.3, -0.25) is 0 Å². The first-order chi connectivity index (χ1) is 12.1. The SMILES string of the molecule is CC(C)C1CCCCN1C(=O)OC(C)(C)CCC(C)(C)C1CCCCN1. The van der Waals surface area contributed by atoms with Gasteiger partial charge in [0.25, 0.3) is 0 Å². The lowest BCUT2D eigenvalue weighted by molar-refractivity contribution is -0.0166. The van der Waals surface area contributed by atoms with Crippen LogP contribution in [0.5, 0.6) is 0 Å². The molecule has 0 radical (unpaired) electrons. The van der Waals surface area contributed by atoms with Crippen LogP contribution in [0.3, 0.4) is 0 Å². The van der Waals surface area contributed by atoms with E-state index in [1.165, 1.54) is 25.7 Å². The molecule has 0 aromatic carbocycles. The lowest BCUT2D eigenvalue weighted by Gasteiger charge is -2.41. The third-order valence-electron chi connectivity index (χ3n) is 6.54. The molecule has 0 aliphatic carbocycles. The van der Waals surface area contributed by atoms with Gasteiger partial charge in [0.15, 0.2) is 0 Å². The van der Waals surface area contributed by atoms with Crippen molar-refractivity contribution in [3.05, 3.63) is 0 Å². The Bertz CT molecular complexity index is 453. The lowest BCUT2D eigenvalue weighted by Crippen LogP contribution is -2.49. The van der Waals surface area contributed by atoms with Crippen LogP contribution in [-0.4, -0.2) is 41.8 Å². The summed E-state index contributed by atoms with van der Waals surface area (Å²) in [6, 6.07) is 0.907. The van der Waals surface area contributed by atoms with E-state index >= 15 is 0 Å². The van der Waals surface area contributed by atoms with Crippen LogP contribution in [0.1, 0.15) is 92.9 Å². The molecule has 1 amide bonds. The molecule has 2 rings (SSSR count). The number of nitrogens with one attached hydrogen (secondary N) is 1. The van der Waals surface area contributed by atoms with E-state index < -0.39 is 5.60 Å². The molecule has 2 aliphatic heterocycles. The third-order valence-corrected chi connectivity index (χ3v) is 6.54. The van der Waals surface area contributed by atoms with Crippen LogP contribution in [0.25, 0.3) is 0 Å². The van der Waals surface area contributed by atoms with Gasteiger partial charge in [0.05, 0.1) is 0 Å².